The number of oxazole rings is 1. The molecule has 38 heavy (non-hydrogen) atoms. The van der Waals surface area contributed by atoms with Crippen LogP contribution in [0.3, 0.4) is 0 Å². The second-order valence-electron chi connectivity index (χ2n) is 9.70. The van der Waals surface area contributed by atoms with E-state index in [1.54, 1.807) is 11.8 Å². The van der Waals surface area contributed by atoms with Gasteiger partial charge in [-0.15, -0.1) is 0 Å². The van der Waals surface area contributed by atoms with Crippen LogP contribution in [0.1, 0.15) is 77.0 Å². The smallest absolute Gasteiger partial charge is 0.322 e. The number of carbonyl (C=O) groups excluding carboxylic acids is 3. The third kappa shape index (κ3) is 5.91. The van der Waals surface area contributed by atoms with Gasteiger partial charge >= 0.3 is 5.97 Å². The zero-order valence-corrected chi connectivity index (χ0v) is 21.4. The number of aliphatic carboxylic acids is 1. The second kappa shape index (κ2) is 11.3. The third-order valence-electron chi connectivity index (χ3n) is 6.40. The maximum atomic E-state index is 13.2. The first-order valence-electron chi connectivity index (χ1n) is 12.4. The Morgan fingerprint density at radius 2 is 1.79 bits per heavy atom. The molecule has 0 spiro atoms. The van der Waals surface area contributed by atoms with E-state index in [9.17, 15) is 19.2 Å². The van der Waals surface area contributed by atoms with Crippen molar-refractivity contribution in [3.63, 3.8) is 0 Å². The highest BCUT2D eigenvalue weighted by Gasteiger charge is 2.29. The van der Waals surface area contributed by atoms with E-state index in [2.05, 4.69) is 15.6 Å². The molecule has 0 bridgehead atoms. The van der Waals surface area contributed by atoms with Gasteiger partial charge in [0.25, 0.3) is 11.8 Å². The van der Waals surface area contributed by atoms with Crippen LogP contribution < -0.4 is 15.5 Å². The average Bonchev–Trinajstić information content (AvgIpc) is 3.52. The van der Waals surface area contributed by atoms with Crippen LogP contribution in [0.2, 0.25) is 0 Å². The SMILES string of the molecule is CC(C)CC(NC(=O)[C@@H](C)c1ccc(N2Cc3ccccc3C2=O)cc1)c1nc(C(=O)NCC(=O)O)co1. The molecule has 1 aliphatic rings. The van der Waals surface area contributed by atoms with Crippen molar-refractivity contribution >= 4 is 29.4 Å². The maximum absolute atomic E-state index is 13.2. The van der Waals surface area contributed by atoms with E-state index in [1.807, 2.05) is 62.4 Å². The third-order valence-corrected chi connectivity index (χ3v) is 6.40. The molecule has 3 N–H and O–H groups in total. The van der Waals surface area contributed by atoms with Gasteiger partial charge in [0, 0.05) is 11.3 Å². The van der Waals surface area contributed by atoms with Gasteiger partial charge in [0.1, 0.15) is 18.8 Å². The standard InChI is InChI=1S/C28H30N4O6/c1-16(2)12-22(27-31-23(15-38-27)26(36)29-13-24(33)34)30-25(35)17(3)18-8-10-20(11-9-18)32-14-19-6-4-5-7-21(19)28(32)37/h4-11,15-17,22H,12-14H2,1-3H3,(H,29,36)(H,30,35)(H,33,34)/t17-,22?/m0/s1. The summed E-state index contributed by atoms with van der Waals surface area (Å²) in [6.07, 6.45) is 1.66. The first-order valence-corrected chi connectivity index (χ1v) is 12.4. The van der Waals surface area contributed by atoms with Crippen molar-refractivity contribution in [2.75, 3.05) is 11.4 Å². The Morgan fingerprint density at radius 1 is 1.08 bits per heavy atom. The number of rotatable bonds is 10. The summed E-state index contributed by atoms with van der Waals surface area (Å²) in [4.78, 5) is 54.7. The number of carboxylic acids is 1. The summed E-state index contributed by atoms with van der Waals surface area (Å²) in [5.41, 5.74) is 3.16. The minimum absolute atomic E-state index is 0.0439. The summed E-state index contributed by atoms with van der Waals surface area (Å²) in [6.45, 7) is 5.73. The van der Waals surface area contributed by atoms with Crippen LogP contribution in [-0.4, -0.2) is 40.3 Å². The Bertz CT molecular complexity index is 1350. The lowest BCUT2D eigenvalue weighted by atomic mass is 9.98. The summed E-state index contributed by atoms with van der Waals surface area (Å²) in [5, 5.41) is 13.9. The number of hydrogen-bond donors (Lipinski definition) is 3. The molecule has 0 saturated carbocycles. The number of fused-ring (bicyclic) bond motifs is 1. The van der Waals surface area contributed by atoms with Crippen molar-refractivity contribution in [2.45, 2.75) is 45.7 Å². The molecule has 10 nitrogen and oxygen atoms in total. The quantitative estimate of drug-likeness (QED) is 0.372. The minimum atomic E-state index is -1.17. The number of aromatic nitrogens is 1. The van der Waals surface area contributed by atoms with Crippen molar-refractivity contribution in [3.8, 4) is 0 Å². The number of nitrogens with one attached hydrogen (secondary N) is 2. The zero-order valence-electron chi connectivity index (χ0n) is 21.4. The van der Waals surface area contributed by atoms with E-state index in [0.717, 1.165) is 23.1 Å². The number of hydrogen-bond acceptors (Lipinski definition) is 6. The predicted molar refractivity (Wildman–Crippen MR) is 139 cm³/mol. The molecule has 2 aromatic carbocycles. The molecule has 0 saturated heterocycles. The highest BCUT2D eigenvalue weighted by atomic mass is 16.4. The number of nitrogens with zero attached hydrogens (tertiary/aromatic N) is 2. The largest absolute Gasteiger partial charge is 0.480 e. The van der Waals surface area contributed by atoms with E-state index in [0.29, 0.717) is 18.5 Å². The summed E-state index contributed by atoms with van der Waals surface area (Å²) in [6, 6.07) is 14.3. The van der Waals surface area contributed by atoms with Gasteiger partial charge in [-0.05, 0) is 48.6 Å². The van der Waals surface area contributed by atoms with Crippen LogP contribution in [0, 0.1) is 5.92 Å². The molecular weight excluding hydrogens is 488 g/mol. The van der Waals surface area contributed by atoms with Crippen molar-refractivity contribution < 1.29 is 28.7 Å². The second-order valence-corrected chi connectivity index (χ2v) is 9.70. The molecule has 1 aliphatic heterocycles. The maximum Gasteiger partial charge on any atom is 0.322 e. The van der Waals surface area contributed by atoms with Crippen LogP contribution in [0.4, 0.5) is 5.69 Å². The highest BCUT2D eigenvalue weighted by molar-refractivity contribution is 6.10. The molecule has 4 rings (SSSR count). The normalized spacial score (nSPS) is 14.2. The van der Waals surface area contributed by atoms with Gasteiger partial charge < -0.3 is 25.1 Å². The van der Waals surface area contributed by atoms with E-state index < -0.39 is 30.4 Å². The molecule has 2 heterocycles. The summed E-state index contributed by atoms with van der Waals surface area (Å²) >= 11 is 0. The molecule has 2 atom stereocenters. The Kier molecular flexibility index (Phi) is 7.90. The Labute approximate surface area is 220 Å². The lowest BCUT2D eigenvalue weighted by molar-refractivity contribution is -0.135. The van der Waals surface area contributed by atoms with Crippen LogP contribution in [-0.2, 0) is 16.1 Å². The van der Waals surface area contributed by atoms with Gasteiger partial charge in [0.2, 0.25) is 11.8 Å². The first kappa shape index (κ1) is 26.6. The van der Waals surface area contributed by atoms with Crippen LogP contribution in [0.15, 0.2) is 59.2 Å². The van der Waals surface area contributed by atoms with Crippen molar-refractivity contribution in [1.29, 1.82) is 0 Å². The summed E-state index contributed by atoms with van der Waals surface area (Å²) < 4.78 is 5.48. The predicted octanol–water partition coefficient (Wildman–Crippen LogP) is 3.66. The molecule has 3 aromatic rings. The molecule has 3 amide bonds. The van der Waals surface area contributed by atoms with Crippen LogP contribution in [0.5, 0.6) is 0 Å². The van der Waals surface area contributed by atoms with Crippen molar-refractivity contribution in [3.05, 3.63) is 83.1 Å². The molecule has 10 heteroatoms. The molecule has 0 fully saturated rings. The van der Waals surface area contributed by atoms with Crippen LogP contribution >= 0.6 is 0 Å². The van der Waals surface area contributed by atoms with E-state index in [-0.39, 0.29) is 29.3 Å². The molecular formula is C28H30N4O6. The summed E-state index contributed by atoms with van der Waals surface area (Å²) in [5.74, 6) is -2.29. The number of amides is 3. The minimum Gasteiger partial charge on any atom is -0.480 e. The lowest BCUT2D eigenvalue weighted by Gasteiger charge is -2.21. The number of carboxylic acid groups (broad SMARTS) is 1. The van der Waals surface area contributed by atoms with Crippen molar-refractivity contribution in [2.24, 2.45) is 5.92 Å². The fourth-order valence-corrected chi connectivity index (χ4v) is 4.35. The fourth-order valence-electron chi connectivity index (χ4n) is 4.35. The van der Waals surface area contributed by atoms with E-state index >= 15 is 0 Å². The Hall–Kier alpha value is -4.47. The number of carbonyl (C=O) groups is 4. The topological polar surface area (TPSA) is 142 Å². The van der Waals surface area contributed by atoms with Crippen molar-refractivity contribution in [1.82, 2.24) is 15.6 Å². The molecule has 0 aliphatic carbocycles. The monoisotopic (exact) mass is 518 g/mol. The average molecular weight is 519 g/mol. The van der Waals surface area contributed by atoms with Gasteiger partial charge in [-0.2, -0.15) is 0 Å². The van der Waals surface area contributed by atoms with Crippen LogP contribution in [0.25, 0.3) is 0 Å². The van der Waals surface area contributed by atoms with Gasteiger partial charge in [-0.1, -0.05) is 44.2 Å². The number of anilines is 1. The van der Waals surface area contributed by atoms with E-state index in [1.165, 1.54) is 0 Å². The number of benzene rings is 2. The van der Waals surface area contributed by atoms with Gasteiger partial charge in [-0.25, -0.2) is 4.98 Å². The summed E-state index contributed by atoms with van der Waals surface area (Å²) in [7, 11) is 0. The van der Waals surface area contributed by atoms with Gasteiger partial charge in [-0.3, -0.25) is 19.2 Å². The Balaban J connectivity index is 1.43. The molecule has 1 unspecified atom stereocenters. The lowest BCUT2D eigenvalue weighted by Crippen LogP contribution is -2.33. The molecule has 1 aromatic heterocycles. The Morgan fingerprint density at radius 3 is 2.45 bits per heavy atom. The molecule has 198 valence electrons. The first-order chi connectivity index (χ1) is 18.1. The highest BCUT2D eigenvalue weighted by Crippen LogP contribution is 2.30. The molecule has 0 radical (unpaired) electrons. The van der Waals surface area contributed by atoms with Gasteiger partial charge in [0.05, 0.1) is 12.5 Å². The van der Waals surface area contributed by atoms with Gasteiger partial charge in [0.15, 0.2) is 5.69 Å². The fraction of sp³-hybridized carbons (Fsp3) is 0.321. The zero-order chi connectivity index (χ0) is 27.4. The van der Waals surface area contributed by atoms with E-state index in [4.69, 9.17) is 9.52 Å².